The number of aryl methyl sites for hydroxylation is 1. The minimum absolute atomic E-state index is 0.224. The molecule has 1 aromatic rings. The maximum absolute atomic E-state index is 5.72. The molecule has 0 unspecified atom stereocenters. The third-order valence-electron chi connectivity index (χ3n) is 2.63. The quantitative estimate of drug-likeness (QED) is 0.880. The van der Waals surface area contributed by atoms with Gasteiger partial charge in [-0.3, -0.25) is 0 Å². The first-order valence-electron chi connectivity index (χ1n) is 5.08. The first-order valence-corrected chi connectivity index (χ1v) is 6.67. The third kappa shape index (κ3) is 4.25. The number of hydrogen-bond donors (Lipinski definition) is 1. The largest absolute Gasteiger partial charge is 0.330 e. The SMILES string of the molecule is CC(C)(CN)CCc1cc(Br)ccc1Br. The van der Waals surface area contributed by atoms with Crippen LogP contribution in [0.3, 0.4) is 0 Å². The first-order chi connectivity index (χ1) is 6.94. The van der Waals surface area contributed by atoms with Crippen molar-refractivity contribution in [1.82, 2.24) is 0 Å². The van der Waals surface area contributed by atoms with Crippen LogP contribution in [0.25, 0.3) is 0 Å². The van der Waals surface area contributed by atoms with E-state index in [4.69, 9.17) is 5.73 Å². The van der Waals surface area contributed by atoms with E-state index in [-0.39, 0.29) is 5.41 Å². The fraction of sp³-hybridized carbons (Fsp3) is 0.500. The second-order valence-electron chi connectivity index (χ2n) is 4.60. The summed E-state index contributed by atoms with van der Waals surface area (Å²) in [5.41, 5.74) is 7.28. The van der Waals surface area contributed by atoms with Crippen LogP contribution in [0.1, 0.15) is 25.8 Å². The highest BCUT2D eigenvalue weighted by molar-refractivity contribution is 9.11. The van der Waals surface area contributed by atoms with Crippen LogP contribution in [-0.4, -0.2) is 6.54 Å². The van der Waals surface area contributed by atoms with Crippen LogP contribution in [0.5, 0.6) is 0 Å². The number of benzene rings is 1. The van der Waals surface area contributed by atoms with Gasteiger partial charge in [-0.2, -0.15) is 0 Å². The molecule has 0 aliphatic rings. The number of hydrogen-bond acceptors (Lipinski definition) is 1. The van der Waals surface area contributed by atoms with E-state index in [0.29, 0.717) is 0 Å². The Morgan fingerprint density at radius 3 is 2.53 bits per heavy atom. The summed E-state index contributed by atoms with van der Waals surface area (Å²) in [4.78, 5) is 0. The third-order valence-corrected chi connectivity index (χ3v) is 3.90. The minimum Gasteiger partial charge on any atom is -0.330 e. The van der Waals surface area contributed by atoms with Crippen molar-refractivity contribution < 1.29 is 0 Å². The summed E-state index contributed by atoms with van der Waals surface area (Å²) < 4.78 is 2.31. The van der Waals surface area contributed by atoms with E-state index in [0.717, 1.165) is 23.9 Å². The molecular weight excluding hydrogens is 318 g/mol. The molecule has 0 aliphatic carbocycles. The van der Waals surface area contributed by atoms with Crippen molar-refractivity contribution >= 4 is 31.9 Å². The molecule has 0 heterocycles. The predicted molar refractivity (Wildman–Crippen MR) is 73.0 cm³/mol. The van der Waals surface area contributed by atoms with Crippen molar-refractivity contribution in [3.8, 4) is 0 Å². The second kappa shape index (κ2) is 5.46. The Kier molecular flexibility index (Phi) is 4.81. The van der Waals surface area contributed by atoms with Crippen LogP contribution in [0.4, 0.5) is 0 Å². The van der Waals surface area contributed by atoms with Gasteiger partial charge in [-0.05, 0) is 48.6 Å². The molecule has 0 fully saturated rings. The number of rotatable bonds is 4. The zero-order chi connectivity index (χ0) is 11.5. The standard InChI is InChI=1S/C12H17Br2N/c1-12(2,8-15)6-5-9-7-10(13)3-4-11(9)14/h3-4,7H,5-6,8,15H2,1-2H3. The Hall–Kier alpha value is 0.140. The molecule has 84 valence electrons. The average Bonchev–Trinajstić information content (AvgIpc) is 2.20. The Balaban J connectivity index is 2.69. The number of halogens is 2. The van der Waals surface area contributed by atoms with Gasteiger partial charge in [-0.15, -0.1) is 0 Å². The molecule has 0 bridgehead atoms. The fourth-order valence-corrected chi connectivity index (χ4v) is 2.16. The minimum atomic E-state index is 0.224. The highest BCUT2D eigenvalue weighted by Gasteiger charge is 2.15. The summed E-state index contributed by atoms with van der Waals surface area (Å²) in [6.07, 6.45) is 2.17. The van der Waals surface area contributed by atoms with Crippen LogP contribution in [0, 0.1) is 5.41 Å². The average molecular weight is 335 g/mol. The molecule has 1 rings (SSSR count). The Morgan fingerprint density at radius 1 is 1.27 bits per heavy atom. The maximum atomic E-state index is 5.72. The second-order valence-corrected chi connectivity index (χ2v) is 6.37. The Labute approximate surface area is 109 Å². The lowest BCUT2D eigenvalue weighted by Gasteiger charge is -2.22. The van der Waals surface area contributed by atoms with Crippen molar-refractivity contribution in [2.75, 3.05) is 6.54 Å². The molecule has 15 heavy (non-hydrogen) atoms. The molecule has 0 atom stereocenters. The van der Waals surface area contributed by atoms with Crippen LogP contribution in [0.2, 0.25) is 0 Å². The Bertz CT molecular complexity index is 334. The summed E-state index contributed by atoms with van der Waals surface area (Å²) in [6.45, 7) is 5.15. The summed E-state index contributed by atoms with van der Waals surface area (Å²) >= 11 is 7.06. The zero-order valence-electron chi connectivity index (χ0n) is 9.19. The van der Waals surface area contributed by atoms with Crippen molar-refractivity contribution in [1.29, 1.82) is 0 Å². The maximum Gasteiger partial charge on any atom is 0.0208 e. The molecule has 0 radical (unpaired) electrons. The van der Waals surface area contributed by atoms with Crippen LogP contribution in [0.15, 0.2) is 27.1 Å². The van der Waals surface area contributed by atoms with E-state index >= 15 is 0 Å². The van der Waals surface area contributed by atoms with Gasteiger partial charge in [0, 0.05) is 8.95 Å². The summed E-state index contributed by atoms with van der Waals surface area (Å²) in [5.74, 6) is 0. The molecule has 1 nitrogen and oxygen atoms in total. The van der Waals surface area contributed by atoms with E-state index in [1.807, 2.05) is 6.07 Å². The van der Waals surface area contributed by atoms with Crippen molar-refractivity contribution in [2.45, 2.75) is 26.7 Å². The molecule has 0 spiro atoms. The van der Waals surface area contributed by atoms with Crippen molar-refractivity contribution in [3.63, 3.8) is 0 Å². The van der Waals surface area contributed by atoms with E-state index in [2.05, 4.69) is 57.8 Å². The molecule has 0 amide bonds. The molecule has 1 aromatic carbocycles. The lowest BCUT2D eigenvalue weighted by atomic mass is 9.86. The number of nitrogens with two attached hydrogens (primary N) is 1. The van der Waals surface area contributed by atoms with Gasteiger partial charge < -0.3 is 5.73 Å². The van der Waals surface area contributed by atoms with Gasteiger partial charge in [0.05, 0.1) is 0 Å². The summed E-state index contributed by atoms with van der Waals surface area (Å²) in [7, 11) is 0. The highest BCUT2D eigenvalue weighted by atomic mass is 79.9. The van der Waals surface area contributed by atoms with Gasteiger partial charge in [0.15, 0.2) is 0 Å². The smallest absolute Gasteiger partial charge is 0.0208 e. The first kappa shape index (κ1) is 13.2. The van der Waals surface area contributed by atoms with Crippen LogP contribution >= 0.6 is 31.9 Å². The molecule has 0 aromatic heterocycles. The van der Waals surface area contributed by atoms with Gasteiger partial charge in [0.1, 0.15) is 0 Å². The zero-order valence-corrected chi connectivity index (χ0v) is 12.4. The van der Waals surface area contributed by atoms with Crippen LogP contribution < -0.4 is 5.73 Å². The fourth-order valence-electron chi connectivity index (χ4n) is 1.31. The molecule has 3 heteroatoms. The monoisotopic (exact) mass is 333 g/mol. The lowest BCUT2D eigenvalue weighted by molar-refractivity contribution is 0.347. The topological polar surface area (TPSA) is 26.0 Å². The van der Waals surface area contributed by atoms with Gasteiger partial charge >= 0.3 is 0 Å². The van der Waals surface area contributed by atoms with Gasteiger partial charge in [-0.25, -0.2) is 0 Å². The predicted octanol–water partition coefficient (Wildman–Crippen LogP) is 4.13. The molecule has 0 aliphatic heterocycles. The normalized spacial score (nSPS) is 11.8. The van der Waals surface area contributed by atoms with Crippen molar-refractivity contribution in [2.24, 2.45) is 11.1 Å². The molecule has 0 saturated heterocycles. The Morgan fingerprint density at radius 2 is 1.93 bits per heavy atom. The highest BCUT2D eigenvalue weighted by Crippen LogP contribution is 2.27. The van der Waals surface area contributed by atoms with E-state index in [1.165, 1.54) is 10.0 Å². The van der Waals surface area contributed by atoms with E-state index < -0.39 is 0 Å². The lowest BCUT2D eigenvalue weighted by Crippen LogP contribution is -2.24. The van der Waals surface area contributed by atoms with Crippen LogP contribution in [-0.2, 0) is 6.42 Å². The van der Waals surface area contributed by atoms with Gasteiger partial charge in [0.2, 0.25) is 0 Å². The van der Waals surface area contributed by atoms with Gasteiger partial charge in [-0.1, -0.05) is 45.7 Å². The molecule has 0 saturated carbocycles. The summed E-state index contributed by atoms with van der Waals surface area (Å²) in [5, 5.41) is 0. The molecule has 2 N–H and O–H groups in total. The summed E-state index contributed by atoms with van der Waals surface area (Å²) in [6, 6.07) is 6.28. The van der Waals surface area contributed by atoms with Crippen molar-refractivity contribution in [3.05, 3.63) is 32.7 Å². The van der Waals surface area contributed by atoms with Gasteiger partial charge in [0.25, 0.3) is 0 Å². The molecular formula is C12H17Br2N. The van der Waals surface area contributed by atoms with E-state index in [9.17, 15) is 0 Å². The van der Waals surface area contributed by atoms with E-state index in [1.54, 1.807) is 0 Å².